The van der Waals surface area contributed by atoms with Gasteiger partial charge in [0.1, 0.15) is 11.4 Å². The summed E-state index contributed by atoms with van der Waals surface area (Å²) in [6.07, 6.45) is 2.89. The van der Waals surface area contributed by atoms with Crippen molar-refractivity contribution >= 4 is 45.7 Å². The molecule has 3 aromatic rings. The molecule has 2 amide bonds. The van der Waals surface area contributed by atoms with Crippen LogP contribution in [-0.2, 0) is 4.79 Å². The first-order valence-electron chi connectivity index (χ1n) is 10.0. The van der Waals surface area contributed by atoms with Gasteiger partial charge < -0.3 is 15.3 Å². The summed E-state index contributed by atoms with van der Waals surface area (Å²) in [6.45, 7) is 0. The number of phenolic OH excluding ortho intramolecular Hbond substituents is 1. The van der Waals surface area contributed by atoms with E-state index in [-0.39, 0.29) is 11.4 Å². The molecule has 0 aliphatic rings. The molecule has 0 bridgehead atoms. The lowest BCUT2D eigenvalue weighted by atomic mass is 10.1. The lowest BCUT2D eigenvalue weighted by Crippen LogP contribution is -2.32. The Morgan fingerprint density at radius 1 is 1.00 bits per heavy atom. The smallest absolute Gasteiger partial charge is 0.287 e. The fourth-order valence-corrected chi connectivity index (χ4v) is 3.21. The van der Waals surface area contributed by atoms with Crippen molar-refractivity contribution in [3.8, 4) is 5.75 Å². The number of phenols is 1. The first kappa shape index (κ1) is 23.7. The van der Waals surface area contributed by atoms with E-state index in [2.05, 4.69) is 31.8 Å². The molecule has 0 atom stereocenters. The Kier molecular flexibility index (Phi) is 7.99. The number of hydrogen-bond acceptors (Lipinski definition) is 5. The number of benzene rings is 3. The van der Waals surface area contributed by atoms with Crippen molar-refractivity contribution in [2.75, 3.05) is 19.0 Å². The second-order valence-corrected chi connectivity index (χ2v) is 8.18. The van der Waals surface area contributed by atoms with Crippen LogP contribution >= 0.6 is 15.9 Å². The average Bonchev–Trinajstić information content (AvgIpc) is 2.81. The van der Waals surface area contributed by atoms with Crippen LogP contribution in [0.15, 0.2) is 88.1 Å². The summed E-state index contributed by atoms with van der Waals surface area (Å²) in [6, 6.07) is 21.0. The third-order valence-corrected chi connectivity index (χ3v) is 5.10. The van der Waals surface area contributed by atoms with Crippen molar-refractivity contribution in [3.63, 3.8) is 0 Å². The van der Waals surface area contributed by atoms with Crippen LogP contribution in [-0.4, -0.2) is 37.2 Å². The van der Waals surface area contributed by atoms with Gasteiger partial charge in [-0.3, -0.25) is 9.59 Å². The number of nitrogens with zero attached hydrogens (tertiary/aromatic N) is 2. The number of rotatable bonds is 7. The van der Waals surface area contributed by atoms with Crippen molar-refractivity contribution in [2.24, 2.45) is 5.10 Å². The maximum atomic E-state index is 12.8. The molecular weight excluding hydrogens is 484 g/mol. The Balaban J connectivity index is 1.83. The zero-order chi connectivity index (χ0) is 23.8. The van der Waals surface area contributed by atoms with E-state index in [4.69, 9.17) is 0 Å². The van der Waals surface area contributed by atoms with Gasteiger partial charge in [0.15, 0.2) is 0 Å². The molecule has 33 heavy (non-hydrogen) atoms. The Hall–Kier alpha value is -3.91. The Morgan fingerprint density at radius 2 is 1.70 bits per heavy atom. The first-order valence-corrected chi connectivity index (χ1v) is 10.8. The normalized spacial score (nSPS) is 11.3. The predicted molar refractivity (Wildman–Crippen MR) is 134 cm³/mol. The van der Waals surface area contributed by atoms with Crippen LogP contribution in [0.5, 0.6) is 5.75 Å². The zero-order valence-corrected chi connectivity index (χ0v) is 19.7. The van der Waals surface area contributed by atoms with E-state index in [9.17, 15) is 14.7 Å². The van der Waals surface area contributed by atoms with Gasteiger partial charge in [-0.05, 0) is 54.1 Å². The Morgan fingerprint density at radius 3 is 2.36 bits per heavy atom. The van der Waals surface area contributed by atoms with Crippen LogP contribution in [0.3, 0.4) is 0 Å². The van der Waals surface area contributed by atoms with Crippen LogP contribution in [0.1, 0.15) is 21.5 Å². The molecule has 8 heteroatoms. The molecule has 168 valence electrons. The van der Waals surface area contributed by atoms with E-state index in [0.717, 1.165) is 15.7 Å². The quantitative estimate of drug-likeness (QED) is 0.255. The summed E-state index contributed by atoms with van der Waals surface area (Å²) in [5.74, 6) is -1.01. The minimum absolute atomic E-state index is 0.0188. The van der Waals surface area contributed by atoms with Crippen LogP contribution < -0.4 is 15.6 Å². The van der Waals surface area contributed by atoms with Gasteiger partial charge in [-0.25, -0.2) is 5.43 Å². The van der Waals surface area contributed by atoms with Crippen molar-refractivity contribution in [1.29, 1.82) is 0 Å². The molecule has 0 radical (unpaired) electrons. The molecular formula is C25H23BrN4O3. The van der Waals surface area contributed by atoms with Gasteiger partial charge in [0, 0.05) is 35.4 Å². The highest BCUT2D eigenvalue weighted by Gasteiger charge is 2.14. The van der Waals surface area contributed by atoms with E-state index in [0.29, 0.717) is 11.1 Å². The van der Waals surface area contributed by atoms with E-state index < -0.39 is 11.8 Å². The van der Waals surface area contributed by atoms with Crippen molar-refractivity contribution < 1.29 is 14.7 Å². The standard InChI is InChI=1S/C25H23BrN4O3/c1-30(2)21-11-8-17(9-12-21)14-22(28-24(32)18-6-4-3-5-7-18)25(33)29-27-16-19-15-20(26)10-13-23(19)31/h3-16,31H,1-2H3,(H,28,32)(H,29,33)/b22-14-,27-16-. The molecule has 0 aromatic heterocycles. The highest BCUT2D eigenvalue weighted by Crippen LogP contribution is 2.20. The highest BCUT2D eigenvalue weighted by molar-refractivity contribution is 9.10. The van der Waals surface area contributed by atoms with Crippen LogP contribution in [0.4, 0.5) is 5.69 Å². The van der Waals surface area contributed by atoms with Crippen LogP contribution in [0.25, 0.3) is 6.08 Å². The van der Waals surface area contributed by atoms with Crippen molar-refractivity contribution in [3.05, 3.63) is 99.7 Å². The summed E-state index contributed by atoms with van der Waals surface area (Å²) in [4.78, 5) is 27.5. The Labute approximate surface area is 200 Å². The number of hydrazone groups is 1. The lowest BCUT2D eigenvalue weighted by molar-refractivity contribution is -0.117. The average molecular weight is 507 g/mol. The van der Waals surface area contributed by atoms with Gasteiger partial charge in [-0.15, -0.1) is 0 Å². The second-order valence-electron chi connectivity index (χ2n) is 7.27. The molecule has 0 saturated carbocycles. The maximum absolute atomic E-state index is 12.8. The van der Waals surface area contributed by atoms with Gasteiger partial charge in [0.2, 0.25) is 0 Å². The number of halogens is 1. The molecule has 7 nitrogen and oxygen atoms in total. The summed E-state index contributed by atoms with van der Waals surface area (Å²) in [7, 11) is 3.87. The first-order chi connectivity index (χ1) is 15.8. The third-order valence-electron chi connectivity index (χ3n) is 4.61. The molecule has 0 saturated heterocycles. The molecule has 0 unspecified atom stereocenters. The van der Waals surface area contributed by atoms with Gasteiger partial charge in [0.05, 0.1) is 6.21 Å². The number of aromatic hydroxyl groups is 1. The van der Waals surface area contributed by atoms with Gasteiger partial charge in [0.25, 0.3) is 11.8 Å². The number of amides is 2. The van der Waals surface area contributed by atoms with Crippen LogP contribution in [0.2, 0.25) is 0 Å². The highest BCUT2D eigenvalue weighted by atomic mass is 79.9. The molecule has 0 heterocycles. The van der Waals surface area contributed by atoms with Crippen molar-refractivity contribution in [2.45, 2.75) is 0 Å². The summed E-state index contributed by atoms with van der Waals surface area (Å²) in [5, 5.41) is 16.5. The number of carbonyl (C=O) groups excluding carboxylic acids is 2. The van der Waals surface area contributed by atoms with E-state index >= 15 is 0 Å². The van der Waals surface area contributed by atoms with Gasteiger partial charge in [-0.2, -0.15) is 5.10 Å². The zero-order valence-electron chi connectivity index (χ0n) is 18.1. The molecule has 3 aromatic carbocycles. The molecule has 3 N–H and O–H groups in total. The van der Waals surface area contributed by atoms with E-state index in [1.54, 1.807) is 48.5 Å². The van der Waals surface area contributed by atoms with Gasteiger partial charge in [-0.1, -0.05) is 46.3 Å². The maximum Gasteiger partial charge on any atom is 0.287 e. The minimum Gasteiger partial charge on any atom is -0.507 e. The summed E-state index contributed by atoms with van der Waals surface area (Å²) < 4.78 is 0.755. The summed E-state index contributed by atoms with van der Waals surface area (Å²) in [5.41, 5.74) is 4.99. The molecule has 0 spiro atoms. The topological polar surface area (TPSA) is 94.0 Å². The SMILES string of the molecule is CN(C)c1ccc(/C=C(\NC(=O)c2ccccc2)C(=O)N/N=C\c2cc(Br)ccc2O)cc1. The Bertz CT molecular complexity index is 1190. The van der Waals surface area contributed by atoms with Crippen molar-refractivity contribution in [1.82, 2.24) is 10.7 Å². The van der Waals surface area contributed by atoms with Crippen LogP contribution in [0, 0.1) is 0 Å². The largest absolute Gasteiger partial charge is 0.507 e. The second kappa shape index (κ2) is 11.1. The number of anilines is 1. The minimum atomic E-state index is -0.610. The number of hydrogen-bond donors (Lipinski definition) is 3. The molecule has 0 fully saturated rings. The molecule has 3 rings (SSSR count). The third kappa shape index (κ3) is 6.78. The lowest BCUT2D eigenvalue weighted by Gasteiger charge is -2.12. The fourth-order valence-electron chi connectivity index (χ4n) is 2.83. The van der Waals surface area contributed by atoms with E-state index in [1.807, 2.05) is 43.3 Å². The number of carbonyl (C=O) groups is 2. The van der Waals surface area contributed by atoms with E-state index in [1.165, 1.54) is 12.3 Å². The monoisotopic (exact) mass is 506 g/mol. The molecule has 0 aliphatic carbocycles. The predicted octanol–water partition coefficient (Wildman–Crippen LogP) is 4.14. The van der Waals surface area contributed by atoms with Gasteiger partial charge >= 0.3 is 0 Å². The number of nitrogens with one attached hydrogen (secondary N) is 2. The summed E-state index contributed by atoms with van der Waals surface area (Å²) >= 11 is 3.32. The fraction of sp³-hybridized carbons (Fsp3) is 0.0800. The molecule has 0 aliphatic heterocycles.